The van der Waals surface area contributed by atoms with Crippen LogP contribution < -0.4 is 0 Å². The van der Waals surface area contributed by atoms with Crippen molar-refractivity contribution in [1.82, 2.24) is 0 Å². The molecule has 78 valence electrons. The number of rotatable bonds is 6. The quantitative estimate of drug-likeness (QED) is 0.524. The van der Waals surface area contributed by atoms with E-state index >= 15 is 0 Å². The number of carbonyl (C=O) groups is 2. The molecule has 0 aliphatic rings. The summed E-state index contributed by atoms with van der Waals surface area (Å²) in [6, 6.07) is 0. The molecule has 0 aliphatic carbocycles. The lowest BCUT2D eigenvalue weighted by molar-refractivity contribution is -0.138. The minimum atomic E-state index is -0.937. The Labute approximate surface area is 84.1 Å². The molecule has 0 radical (unpaired) electrons. The molecule has 0 unspecified atom stereocenters. The van der Waals surface area contributed by atoms with Gasteiger partial charge in [-0.15, -0.1) is 0 Å². The van der Waals surface area contributed by atoms with E-state index in [1.165, 1.54) is 0 Å². The number of hydrogen-bond acceptors (Lipinski definition) is 2. The lowest BCUT2D eigenvalue weighted by atomic mass is 10.1. The van der Waals surface area contributed by atoms with E-state index in [0.717, 1.165) is 6.42 Å². The Balaban J connectivity index is 4.20. The molecule has 0 rings (SSSR count). The lowest BCUT2D eigenvalue weighted by Crippen LogP contribution is -2.04. The number of allylic oxidation sites excluding steroid dienone is 4. The van der Waals surface area contributed by atoms with Gasteiger partial charge in [0.05, 0.1) is 6.42 Å². The predicted octanol–water partition coefficient (Wildman–Crippen LogP) is 2.33. The van der Waals surface area contributed by atoms with Gasteiger partial charge in [0.1, 0.15) is 0 Å². The Morgan fingerprint density at radius 1 is 1.29 bits per heavy atom. The maximum Gasteiger partial charge on any atom is 0.303 e. The van der Waals surface area contributed by atoms with E-state index in [1.54, 1.807) is 19.1 Å². The Kier molecular flexibility index (Phi) is 6.37. The number of carboxylic acid groups (broad SMARTS) is 1. The summed E-state index contributed by atoms with van der Waals surface area (Å²) in [5.41, 5.74) is 0.591. The number of carbonyl (C=O) groups excluding carboxylic acids is 1. The molecule has 3 nitrogen and oxygen atoms in total. The Morgan fingerprint density at radius 2 is 1.93 bits per heavy atom. The number of aliphatic carboxylic acids is 1. The average Bonchev–Trinajstić information content (AvgIpc) is 2.16. The van der Waals surface area contributed by atoms with E-state index < -0.39 is 5.97 Å². The normalized spacial score (nSPS) is 12.0. The van der Waals surface area contributed by atoms with Gasteiger partial charge in [0, 0.05) is 12.0 Å². The highest BCUT2D eigenvalue weighted by Gasteiger charge is 2.07. The second-order valence-corrected chi connectivity index (χ2v) is 2.87. The van der Waals surface area contributed by atoms with Crippen molar-refractivity contribution in [1.29, 1.82) is 0 Å². The van der Waals surface area contributed by atoms with Crippen LogP contribution in [0.15, 0.2) is 23.8 Å². The molecule has 0 saturated heterocycles. The van der Waals surface area contributed by atoms with E-state index in [0.29, 0.717) is 5.57 Å². The maximum absolute atomic E-state index is 11.4. The van der Waals surface area contributed by atoms with Gasteiger partial charge in [0.25, 0.3) is 0 Å². The number of hydrogen-bond donors (Lipinski definition) is 1. The molecule has 14 heavy (non-hydrogen) atoms. The Morgan fingerprint density at radius 3 is 2.36 bits per heavy atom. The van der Waals surface area contributed by atoms with E-state index in [-0.39, 0.29) is 18.6 Å². The summed E-state index contributed by atoms with van der Waals surface area (Å²) in [5.74, 6) is -1.05. The number of carboxylic acids is 1. The fraction of sp³-hybridized carbons (Fsp3) is 0.455. The van der Waals surface area contributed by atoms with Crippen LogP contribution >= 0.6 is 0 Å². The molecule has 0 bridgehead atoms. The van der Waals surface area contributed by atoms with E-state index in [4.69, 9.17) is 5.11 Å². The van der Waals surface area contributed by atoms with Crippen LogP contribution in [0.3, 0.4) is 0 Å². The van der Waals surface area contributed by atoms with E-state index in [9.17, 15) is 9.59 Å². The minimum Gasteiger partial charge on any atom is -0.481 e. The van der Waals surface area contributed by atoms with Gasteiger partial charge in [-0.25, -0.2) is 0 Å². The fourth-order valence-corrected chi connectivity index (χ4v) is 0.960. The van der Waals surface area contributed by atoms with Gasteiger partial charge >= 0.3 is 5.97 Å². The molecule has 0 aromatic carbocycles. The van der Waals surface area contributed by atoms with Gasteiger partial charge in [0.2, 0.25) is 0 Å². The summed E-state index contributed by atoms with van der Waals surface area (Å²) in [7, 11) is 0. The third-order valence-corrected chi connectivity index (χ3v) is 1.73. The summed E-state index contributed by atoms with van der Waals surface area (Å²) >= 11 is 0. The molecule has 3 heteroatoms. The van der Waals surface area contributed by atoms with Gasteiger partial charge < -0.3 is 5.11 Å². The van der Waals surface area contributed by atoms with Gasteiger partial charge in [-0.2, -0.15) is 0 Å². The molecule has 0 fully saturated rings. The largest absolute Gasteiger partial charge is 0.481 e. The first kappa shape index (κ1) is 12.6. The van der Waals surface area contributed by atoms with Crippen LogP contribution in [-0.2, 0) is 9.59 Å². The van der Waals surface area contributed by atoms with Crippen molar-refractivity contribution in [2.24, 2.45) is 0 Å². The second kappa shape index (κ2) is 7.06. The summed E-state index contributed by atoms with van der Waals surface area (Å²) in [5, 5.41) is 8.40. The smallest absolute Gasteiger partial charge is 0.303 e. The molecule has 0 aliphatic heterocycles. The second-order valence-electron chi connectivity index (χ2n) is 2.87. The molecule has 1 N–H and O–H groups in total. The SMILES string of the molecule is C/C=C(\C=C/CC)C(=O)CCC(=O)O. The molecule has 0 aromatic rings. The monoisotopic (exact) mass is 196 g/mol. The lowest BCUT2D eigenvalue weighted by Gasteiger charge is -1.98. The zero-order chi connectivity index (χ0) is 11.0. The van der Waals surface area contributed by atoms with Crippen molar-refractivity contribution in [3.05, 3.63) is 23.8 Å². The van der Waals surface area contributed by atoms with Crippen molar-refractivity contribution < 1.29 is 14.7 Å². The predicted molar refractivity (Wildman–Crippen MR) is 55.1 cm³/mol. The van der Waals surface area contributed by atoms with Crippen molar-refractivity contribution in [3.8, 4) is 0 Å². The van der Waals surface area contributed by atoms with E-state index in [2.05, 4.69) is 0 Å². The average molecular weight is 196 g/mol. The third kappa shape index (κ3) is 5.30. The summed E-state index contributed by atoms with van der Waals surface area (Å²) < 4.78 is 0. The van der Waals surface area contributed by atoms with Crippen LogP contribution in [0.1, 0.15) is 33.1 Å². The van der Waals surface area contributed by atoms with Crippen LogP contribution in [0, 0.1) is 0 Å². The van der Waals surface area contributed by atoms with Gasteiger partial charge in [0.15, 0.2) is 5.78 Å². The highest BCUT2D eigenvalue weighted by Crippen LogP contribution is 2.05. The Hall–Kier alpha value is -1.38. The first-order valence-electron chi connectivity index (χ1n) is 4.69. The molecular weight excluding hydrogens is 180 g/mol. The molecule has 0 aromatic heterocycles. The van der Waals surface area contributed by atoms with Crippen LogP contribution in [0.2, 0.25) is 0 Å². The number of Topliss-reactive ketones (excluding diaryl/α,β-unsaturated/α-hetero) is 1. The molecule has 0 spiro atoms. The number of ketones is 1. The van der Waals surface area contributed by atoms with Crippen molar-refractivity contribution in [2.45, 2.75) is 33.1 Å². The van der Waals surface area contributed by atoms with Crippen LogP contribution in [0.5, 0.6) is 0 Å². The standard InChI is InChI=1S/C11H16O3/c1-3-5-6-9(4-2)10(12)7-8-11(13)14/h4-6H,3,7-8H2,1-2H3,(H,13,14)/b6-5-,9-4+. The molecule has 0 saturated carbocycles. The van der Waals surface area contributed by atoms with Gasteiger partial charge in [-0.1, -0.05) is 25.2 Å². The molecule has 0 amide bonds. The van der Waals surface area contributed by atoms with Gasteiger partial charge in [-0.05, 0) is 13.3 Å². The fourth-order valence-electron chi connectivity index (χ4n) is 0.960. The summed E-state index contributed by atoms with van der Waals surface area (Å²) in [4.78, 5) is 21.6. The van der Waals surface area contributed by atoms with Crippen LogP contribution in [-0.4, -0.2) is 16.9 Å². The highest BCUT2D eigenvalue weighted by molar-refractivity contribution is 5.99. The third-order valence-electron chi connectivity index (χ3n) is 1.73. The topological polar surface area (TPSA) is 54.4 Å². The zero-order valence-corrected chi connectivity index (χ0v) is 8.62. The zero-order valence-electron chi connectivity index (χ0n) is 8.62. The van der Waals surface area contributed by atoms with Gasteiger partial charge in [-0.3, -0.25) is 9.59 Å². The highest BCUT2D eigenvalue weighted by atomic mass is 16.4. The first-order valence-corrected chi connectivity index (χ1v) is 4.69. The van der Waals surface area contributed by atoms with Crippen molar-refractivity contribution in [3.63, 3.8) is 0 Å². The molecular formula is C11H16O3. The summed E-state index contributed by atoms with van der Waals surface area (Å²) in [6.07, 6.45) is 6.16. The van der Waals surface area contributed by atoms with E-state index in [1.807, 2.05) is 13.0 Å². The summed E-state index contributed by atoms with van der Waals surface area (Å²) in [6.45, 7) is 3.75. The first-order chi connectivity index (χ1) is 6.61. The Bertz CT molecular complexity index is 262. The van der Waals surface area contributed by atoms with Crippen molar-refractivity contribution in [2.75, 3.05) is 0 Å². The van der Waals surface area contributed by atoms with Crippen LogP contribution in [0.25, 0.3) is 0 Å². The molecule has 0 atom stereocenters. The minimum absolute atomic E-state index is 0.0725. The van der Waals surface area contributed by atoms with Crippen LogP contribution in [0.4, 0.5) is 0 Å². The van der Waals surface area contributed by atoms with Crippen molar-refractivity contribution >= 4 is 11.8 Å². The maximum atomic E-state index is 11.4. The molecule has 0 heterocycles.